The van der Waals surface area contributed by atoms with Crippen LogP contribution in [-0.4, -0.2) is 90.9 Å². The summed E-state index contributed by atoms with van der Waals surface area (Å²) in [5.74, 6) is 2.78. The summed E-state index contributed by atoms with van der Waals surface area (Å²) < 4.78 is 41.1. The zero-order valence-electron chi connectivity index (χ0n) is 27.8. The quantitative estimate of drug-likeness (QED) is 0.202. The minimum atomic E-state index is -0.698. The summed E-state index contributed by atoms with van der Waals surface area (Å²) in [5, 5.41) is 16.1. The van der Waals surface area contributed by atoms with Crippen LogP contribution in [0.15, 0.2) is 72.8 Å². The predicted molar refractivity (Wildman–Crippen MR) is 181 cm³/mol. The Balaban J connectivity index is 1.19. The first kappa shape index (κ1) is 34.9. The Morgan fingerprint density at radius 3 is 2.38 bits per heavy atom. The van der Waals surface area contributed by atoms with Crippen molar-refractivity contribution < 1.29 is 38.3 Å². The summed E-state index contributed by atoms with van der Waals surface area (Å²) in [6, 6.07) is 24.4. The van der Waals surface area contributed by atoms with Crippen molar-refractivity contribution in [3.8, 4) is 11.5 Å². The molecule has 2 aliphatic rings. The molecule has 9 nitrogen and oxygen atoms in total. The van der Waals surface area contributed by atoms with Gasteiger partial charge in [-0.2, -0.15) is 0 Å². The maximum absolute atomic E-state index is 10.3. The molecule has 1 heterocycles. The zero-order valence-corrected chi connectivity index (χ0v) is 27.8. The van der Waals surface area contributed by atoms with Gasteiger partial charge in [-0.1, -0.05) is 60.7 Å². The highest BCUT2D eigenvalue weighted by Crippen LogP contribution is 2.32. The molecule has 9 heteroatoms. The topological polar surface area (TPSA) is 96.9 Å². The average molecular weight is 648 g/mol. The van der Waals surface area contributed by atoms with Crippen LogP contribution in [0.25, 0.3) is 11.8 Å². The number of piperidine rings is 1. The van der Waals surface area contributed by atoms with Crippen LogP contribution in [-0.2, 0) is 30.3 Å². The largest absolute Gasteiger partial charge is 0.500 e. The number of methoxy groups -OCH3 is 3. The van der Waals surface area contributed by atoms with Crippen LogP contribution in [0.5, 0.6) is 11.5 Å². The standard InChI is InChI=1S/C38H49NO8/c1-41-25-31(40)26-47-37-22-39-21-36(46-23-27-19-29-9-4-6-11-33(29)35(20-27)43-3)38(37)28-13-15-32(16-14-28)45-18-8-17-44-24-30-10-5-7-12-34(30)42-2/h4-7,9-16,19,27,31,36-40H,8,17-18,20-26H2,1-3H3/t27?,31-,36+,37-,38-/m1/s1. The lowest BCUT2D eigenvalue weighted by Crippen LogP contribution is -2.51. The number of para-hydroxylation sites is 1. The summed E-state index contributed by atoms with van der Waals surface area (Å²) in [7, 11) is 4.98. The van der Waals surface area contributed by atoms with Crippen LogP contribution in [0.1, 0.15) is 29.9 Å². The van der Waals surface area contributed by atoms with E-state index in [-0.39, 0.29) is 37.3 Å². The van der Waals surface area contributed by atoms with Crippen LogP contribution >= 0.6 is 0 Å². The number of benzene rings is 3. The second-order valence-corrected chi connectivity index (χ2v) is 12.0. The van der Waals surface area contributed by atoms with Gasteiger partial charge in [-0.25, -0.2) is 0 Å². The van der Waals surface area contributed by atoms with E-state index in [4.69, 9.17) is 33.2 Å². The fraction of sp³-hybridized carbons (Fsp3) is 0.474. The van der Waals surface area contributed by atoms with Gasteiger partial charge >= 0.3 is 0 Å². The summed E-state index contributed by atoms with van der Waals surface area (Å²) in [6.45, 7) is 3.96. The second kappa shape index (κ2) is 18.2. The van der Waals surface area contributed by atoms with E-state index in [1.807, 2.05) is 42.5 Å². The van der Waals surface area contributed by atoms with Gasteiger partial charge < -0.3 is 43.6 Å². The van der Waals surface area contributed by atoms with Crippen LogP contribution in [0.4, 0.5) is 0 Å². The maximum atomic E-state index is 10.3. The number of hydrogen-bond acceptors (Lipinski definition) is 9. The van der Waals surface area contributed by atoms with Gasteiger partial charge in [0.15, 0.2) is 0 Å². The molecule has 1 saturated heterocycles. The van der Waals surface area contributed by atoms with E-state index < -0.39 is 6.10 Å². The molecule has 1 unspecified atom stereocenters. The Morgan fingerprint density at radius 2 is 1.60 bits per heavy atom. The SMILES string of the molecule is COC[C@@H](O)CO[C@@H]1CNC[C@H](OCC2C=c3ccccc3=C(OC)C2)[C@H]1c1ccc(OCCCOCc2ccccc2OC)cc1. The number of hydrogen-bond donors (Lipinski definition) is 2. The number of nitrogens with one attached hydrogen (secondary N) is 1. The van der Waals surface area contributed by atoms with Crippen LogP contribution in [0.2, 0.25) is 0 Å². The number of rotatable bonds is 18. The summed E-state index contributed by atoms with van der Waals surface area (Å²) in [6.07, 6.45) is 2.83. The lowest BCUT2D eigenvalue weighted by Gasteiger charge is -2.39. The third-order valence-electron chi connectivity index (χ3n) is 8.67. The van der Waals surface area contributed by atoms with Crippen molar-refractivity contribution in [1.82, 2.24) is 5.32 Å². The van der Waals surface area contributed by atoms with Crippen molar-refractivity contribution in [3.05, 3.63) is 94.4 Å². The van der Waals surface area contributed by atoms with Crippen molar-refractivity contribution in [1.29, 1.82) is 0 Å². The third kappa shape index (κ3) is 9.79. The lowest BCUT2D eigenvalue weighted by molar-refractivity contribution is -0.0846. The van der Waals surface area contributed by atoms with E-state index in [1.54, 1.807) is 21.3 Å². The Bertz CT molecular complexity index is 1500. The van der Waals surface area contributed by atoms with E-state index in [9.17, 15) is 5.11 Å². The van der Waals surface area contributed by atoms with Crippen molar-refractivity contribution in [2.45, 2.75) is 43.7 Å². The van der Waals surface area contributed by atoms with E-state index in [0.717, 1.165) is 46.4 Å². The molecule has 5 rings (SSSR count). The molecular weight excluding hydrogens is 598 g/mol. The van der Waals surface area contributed by atoms with Gasteiger partial charge in [-0.15, -0.1) is 0 Å². The fourth-order valence-electron chi connectivity index (χ4n) is 6.34. The number of fused-ring (bicyclic) bond motifs is 1. The molecule has 254 valence electrons. The molecule has 47 heavy (non-hydrogen) atoms. The summed E-state index contributed by atoms with van der Waals surface area (Å²) >= 11 is 0. The molecule has 1 aliphatic heterocycles. The maximum Gasteiger partial charge on any atom is 0.124 e. The van der Waals surface area contributed by atoms with Gasteiger partial charge in [-0.3, -0.25) is 0 Å². The number of aliphatic hydroxyl groups excluding tert-OH is 1. The first-order chi connectivity index (χ1) is 23.1. The molecule has 1 aliphatic carbocycles. The minimum absolute atomic E-state index is 0.0369. The normalized spacial score (nSPS) is 21.4. The predicted octanol–water partition coefficient (Wildman–Crippen LogP) is 3.40. The molecular formula is C38H49NO8. The zero-order chi connectivity index (χ0) is 32.8. The number of ether oxygens (including phenoxy) is 7. The monoisotopic (exact) mass is 647 g/mol. The van der Waals surface area contributed by atoms with Crippen molar-refractivity contribution in [2.24, 2.45) is 5.92 Å². The number of aliphatic hydroxyl groups is 1. The highest BCUT2D eigenvalue weighted by Gasteiger charge is 2.37. The second-order valence-electron chi connectivity index (χ2n) is 12.0. The van der Waals surface area contributed by atoms with Crippen LogP contribution in [0.3, 0.4) is 0 Å². The van der Waals surface area contributed by atoms with E-state index >= 15 is 0 Å². The first-order valence-electron chi connectivity index (χ1n) is 16.5. The molecule has 5 atom stereocenters. The van der Waals surface area contributed by atoms with E-state index in [0.29, 0.717) is 39.5 Å². The van der Waals surface area contributed by atoms with Gasteiger partial charge in [0, 0.05) is 55.7 Å². The Hall–Kier alpha value is -3.44. The van der Waals surface area contributed by atoms with Crippen molar-refractivity contribution in [3.63, 3.8) is 0 Å². The fourth-order valence-corrected chi connectivity index (χ4v) is 6.34. The lowest BCUT2D eigenvalue weighted by atomic mass is 9.85. The third-order valence-corrected chi connectivity index (χ3v) is 8.67. The van der Waals surface area contributed by atoms with Crippen molar-refractivity contribution >= 4 is 11.8 Å². The first-order valence-corrected chi connectivity index (χ1v) is 16.5. The van der Waals surface area contributed by atoms with Gasteiger partial charge in [0.25, 0.3) is 0 Å². The smallest absolute Gasteiger partial charge is 0.124 e. The van der Waals surface area contributed by atoms with Crippen LogP contribution in [0, 0.1) is 5.92 Å². The molecule has 0 aromatic heterocycles. The molecule has 0 bridgehead atoms. The summed E-state index contributed by atoms with van der Waals surface area (Å²) in [4.78, 5) is 0. The molecule has 1 fully saturated rings. The van der Waals surface area contributed by atoms with Crippen LogP contribution < -0.4 is 25.2 Å². The molecule has 2 N–H and O–H groups in total. The highest BCUT2D eigenvalue weighted by atomic mass is 16.5. The molecule has 3 aromatic rings. The van der Waals surface area contributed by atoms with Gasteiger partial charge in [0.2, 0.25) is 0 Å². The minimum Gasteiger partial charge on any atom is -0.500 e. The van der Waals surface area contributed by atoms with Gasteiger partial charge in [0.1, 0.15) is 23.4 Å². The Morgan fingerprint density at radius 1 is 0.830 bits per heavy atom. The van der Waals surface area contributed by atoms with Gasteiger partial charge in [-0.05, 0) is 29.0 Å². The molecule has 0 radical (unpaired) electrons. The average Bonchev–Trinajstić information content (AvgIpc) is 3.11. The van der Waals surface area contributed by atoms with Gasteiger partial charge in [0.05, 0.1) is 66.1 Å². The van der Waals surface area contributed by atoms with E-state index in [2.05, 4.69) is 41.7 Å². The molecule has 0 amide bonds. The highest BCUT2D eigenvalue weighted by molar-refractivity contribution is 5.47. The summed E-state index contributed by atoms with van der Waals surface area (Å²) in [5.41, 5.74) is 2.14. The van der Waals surface area contributed by atoms with E-state index in [1.165, 1.54) is 5.22 Å². The molecule has 3 aromatic carbocycles. The Kier molecular flexibility index (Phi) is 13.5. The molecule has 0 saturated carbocycles. The Labute approximate surface area is 278 Å². The molecule has 0 spiro atoms. The van der Waals surface area contributed by atoms with Crippen molar-refractivity contribution in [2.75, 3.05) is 67.5 Å².